The van der Waals surface area contributed by atoms with Crippen molar-refractivity contribution in [1.82, 2.24) is 0 Å². The molecule has 6 heteroatoms. The van der Waals surface area contributed by atoms with Crippen molar-refractivity contribution >= 4 is 17.5 Å². The molecular formula is C13H15F3O2S. The second-order valence-electron chi connectivity index (χ2n) is 4.19. The number of Topliss-reactive ketones (excluding diaryl/α,β-unsaturated/α-hetero) is 1. The largest absolute Gasteiger partial charge is 0.573 e. The lowest BCUT2D eigenvalue weighted by Gasteiger charge is -2.10. The Kier molecular flexibility index (Phi) is 5.72. The first-order chi connectivity index (χ1) is 8.81. The number of ketones is 1. The maximum atomic E-state index is 12.0. The van der Waals surface area contributed by atoms with E-state index < -0.39 is 6.36 Å². The van der Waals surface area contributed by atoms with E-state index in [0.717, 1.165) is 5.75 Å². The summed E-state index contributed by atoms with van der Waals surface area (Å²) in [5.74, 6) is 0.495. The highest BCUT2D eigenvalue weighted by molar-refractivity contribution is 7.98. The Balaban J connectivity index is 2.59. The summed E-state index contributed by atoms with van der Waals surface area (Å²) in [5.41, 5.74) is 0.687. The number of benzene rings is 1. The number of carbonyl (C=O) groups is 1. The fourth-order valence-electron chi connectivity index (χ4n) is 1.53. The van der Waals surface area contributed by atoms with E-state index in [1.807, 2.05) is 13.2 Å². The van der Waals surface area contributed by atoms with Crippen LogP contribution in [0.4, 0.5) is 13.2 Å². The average Bonchev–Trinajstić information content (AvgIpc) is 2.30. The van der Waals surface area contributed by atoms with Crippen LogP contribution in [0.25, 0.3) is 0 Å². The predicted molar refractivity (Wildman–Crippen MR) is 69.4 cm³/mol. The van der Waals surface area contributed by atoms with Gasteiger partial charge in [-0.15, -0.1) is 13.2 Å². The monoisotopic (exact) mass is 292 g/mol. The highest BCUT2D eigenvalue weighted by Crippen LogP contribution is 2.23. The van der Waals surface area contributed by atoms with Crippen LogP contribution in [0.3, 0.4) is 0 Å². The van der Waals surface area contributed by atoms with Gasteiger partial charge in [-0.1, -0.05) is 19.1 Å². The number of hydrogen-bond acceptors (Lipinski definition) is 3. The molecule has 1 aromatic carbocycles. The maximum Gasteiger partial charge on any atom is 0.573 e. The van der Waals surface area contributed by atoms with E-state index >= 15 is 0 Å². The van der Waals surface area contributed by atoms with Crippen molar-refractivity contribution in [2.75, 3.05) is 12.0 Å². The van der Waals surface area contributed by atoms with Gasteiger partial charge in [-0.2, -0.15) is 11.8 Å². The van der Waals surface area contributed by atoms with Gasteiger partial charge in [-0.3, -0.25) is 4.79 Å². The van der Waals surface area contributed by atoms with Crippen molar-refractivity contribution < 1.29 is 22.7 Å². The lowest BCUT2D eigenvalue weighted by molar-refractivity contribution is -0.274. The van der Waals surface area contributed by atoms with Gasteiger partial charge in [0.2, 0.25) is 0 Å². The van der Waals surface area contributed by atoms with Gasteiger partial charge in [-0.25, -0.2) is 0 Å². The molecule has 19 heavy (non-hydrogen) atoms. The van der Waals surface area contributed by atoms with Crippen LogP contribution < -0.4 is 4.74 Å². The topological polar surface area (TPSA) is 26.3 Å². The fraction of sp³-hybridized carbons (Fsp3) is 0.462. The summed E-state index contributed by atoms with van der Waals surface area (Å²) < 4.78 is 39.7. The number of thioether (sulfide) groups is 1. The molecule has 0 bridgehead atoms. The van der Waals surface area contributed by atoms with Gasteiger partial charge >= 0.3 is 6.36 Å². The lowest BCUT2D eigenvalue weighted by Crippen LogP contribution is -2.17. The number of carbonyl (C=O) groups excluding carboxylic acids is 1. The Labute approximate surface area is 114 Å². The summed E-state index contributed by atoms with van der Waals surface area (Å²) in [5, 5.41) is 0. The first kappa shape index (κ1) is 15.9. The van der Waals surface area contributed by atoms with Gasteiger partial charge in [0.15, 0.2) is 0 Å². The molecule has 0 N–H and O–H groups in total. The van der Waals surface area contributed by atoms with Crippen molar-refractivity contribution in [3.8, 4) is 5.75 Å². The number of hydrogen-bond donors (Lipinski definition) is 0. The minimum atomic E-state index is -4.69. The Morgan fingerprint density at radius 2 is 1.89 bits per heavy atom. The molecule has 2 nitrogen and oxygen atoms in total. The summed E-state index contributed by atoms with van der Waals surface area (Å²) in [4.78, 5) is 11.8. The third-order valence-corrected chi connectivity index (χ3v) is 3.33. The Hall–Kier alpha value is -1.17. The zero-order valence-electron chi connectivity index (χ0n) is 10.7. The number of rotatable bonds is 6. The molecule has 106 valence electrons. The summed E-state index contributed by atoms with van der Waals surface area (Å²) in [7, 11) is 0. The van der Waals surface area contributed by atoms with Crippen molar-refractivity contribution in [2.45, 2.75) is 19.7 Å². The molecule has 0 radical (unpaired) electrons. The molecular weight excluding hydrogens is 277 g/mol. The van der Waals surface area contributed by atoms with Crippen molar-refractivity contribution in [2.24, 2.45) is 5.92 Å². The van der Waals surface area contributed by atoms with Crippen LogP contribution in [0.5, 0.6) is 5.75 Å². The van der Waals surface area contributed by atoms with E-state index in [1.165, 1.54) is 24.3 Å². The smallest absolute Gasteiger partial charge is 0.406 e. The van der Waals surface area contributed by atoms with Crippen LogP contribution in [-0.2, 0) is 11.2 Å². The van der Waals surface area contributed by atoms with E-state index in [-0.39, 0.29) is 23.9 Å². The molecule has 1 aromatic rings. The number of alkyl halides is 3. The van der Waals surface area contributed by atoms with Crippen LogP contribution in [0.2, 0.25) is 0 Å². The van der Waals surface area contributed by atoms with Crippen LogP contribution >= 0.6 is 11.8 Å². The van der Waals surface area contributed by atoms with Crippen LogP contribution in [0, 0.1) is 5.92 Å². The number of ether oxygens (including phenoxy) is 1. The van der Waals surface area contributed by atoms with Gasteiger partial charge in [0.05, 0.1) is 0 Å². The van der Waals surface area contributed by atoms with Gasteiger partial charge < -0.3 is 4.74 Å². The molecule has 0 aromatic heterocycles. The molecule has 0 aliphatic rings. The van der Waals surface area contributed by atoms with Crippen molar-refractivity contribution in [1.29, 1.82) is 0 Å². The molecule has 0 saturated heterocycles. The molecule has 0 heterocycles. The standard InChI is InChI=1S/C13H15F3O2S/c1-9(8-19-2)12(17)7-10-3-5-11(6-4-10)18-13(14,15)16/h3-6,9H,7-8H2,1-2H3. The summed E-state index contributed by atoms with van der Waals surface area (Å²) >= 11 is 1.59. The van der Waals surface area contributed by atoms with Crippen LogP contribution in [0.15, 0.2) is 24.3 Å². The molecule has 1 rings (SSSR count). The normalized spacial score (nSPS) is 13.1. The summed E-state index contributed by atoms with van der Waals surface area (Å²) in [6.07, 6.45) is -2.54. The Morgan fingerprint density at radius 3 is 2.37 bits per heavy atom. The van der Waals surface area contributed by atoms with E-state index in [9.17, 15) is 18.0 Å². The second-order valence-corrected chi connectivity index (χ2v) is 5.10. The second kappa shape index (κ2) is 6.84. The van der Waals surface area contributed by atoms with Gasteiger partial charge in [0.1, 0.15) is 11.5 Å². The molecule has 1 unspecified atom stereocenters. The van der Waals surface area contributed by atoms with Crippen molar-refractivity contribution in [3.05, 3.63) is 29.8 Å². The highest BCUT2D eigenvalue weighted by atomic mass is 32.2. The highest BCUT2D eigenvalue weighted by Gasteiger charge is 2.30. The van der Waals surface area contributed by atoms with Gasteiger partial charge in [-0.05, 0) is 24.0 Å². The SMILES string of the molecule is CSCC(C)C(=O)Cc1ccc(OC(F)(F)F)cc1. The molecule has 0 saturated carbocycles. The molecule has 0 aliphatic carbocycles. The fourth-order valence-corrected chi connectivity index (χ4v) is 2.21. The van der Waals surface area contributed by atoms with Crippen molar-refractivity contribution in [3.63, 3.8) is 0 Å². The first-order valence-electron chi connectivity index (χ1n) is 5.68. The Bertz CT molecular complexity index is 415. The van der Waals surface area contributed by atoms with Gasteiger partial charge in [0, 0.05) is 18.1 Å². The zero-order chi connectivity index (χ0) is 14.5. The van der Waals surface area contributed by atoms with E-state index in [2.05, 4.69) is 4.74 Å². The summed E-state index contributed by atoms with van der Waals surface area (Å²) in [6.45, 7) is 1.85. The van der Waals surface area contributed by atoms with Crippen LogP contribution in [-0.4, -0.2) is 24.2 Å². The molecule has 0 fully saturated rings. The van der Waals surface area contributed by atoms with Gasteiger partial charge in [0.25, 0.3) is 0 Å². The van der Waals surface area contributed by atoms with E-state index in [4.69, 9.17) is 0 Å². The minimum absolute atomic E-state index is 0.0545. The third-order valence-electron chi connectivity index (χ3n) is 2.50. The average molecular weight is 292 g/mol. The third kappa shape index (κ3) is 6.00. The Morgan fingerprint density at radius 1 is 1.32 bits per heavy atom. The molecule has 0 amide bonds. The lowest BCUT2D eigenvalue weighted by atomic mass is 10.0. The molecule has 1 atom stereocenters. The van der Waals surface area contributed by atoms with E-state index in [1.54, 1.807) is 11.8 Å². The quantitative estimate of drug-likeness (QED) is 0.800. The first-order valence-corrected chi connectivity index (χ1v) is 7.07. The molecule has 0 spiro atoms. The minimum Gasteiger partial charge on any atom is -0.406 e. The summed E-state index contributed by atoms with van der Waals surface area (Å²) in [6, 6.07) is 5.39. The van der Waals surface area contributed by atoms with E-state index in [0.29, 0.717) is 5.56 Å². The predicted octanol–water partition coefficient (Wildman–Crippen LogP) is 3.70. The molecule has 0 aliphatic heterocycles. The van der Waals surface area contributed by atoms with Crippen LogP contribution in [0.1, 0.15) is 12.5 Å². The zero-order valence-corrected chi connectivity index (χ0v) is 11.5. The number of halogens is 3. The maximum absolute atomic E-state index is 12.0.